The summed E-state index contributed by atoms with van der Waals surface area (Å²) in [5.41, 5.74) is 4.82. The molecular weight excluding hydrogens is 324 g/mol. The maximum atomic E-state index is 12.7. The summed E-state index contributed by atoms with van der Waals surface area (Å²) >= 11 is 3.52. The van der Waals surface area contributed by atoms with Gasteiger partial charge in [-0.25, -0.2) is 0 Å². The summed E-state index contributed by atoms with van der Waals surface area (Å²) in [4.78, 5) is 12.7. The minimum absolute atomic E-state index is 0.0470. The smallest absolute Gasteiger partial charge is 0.156 e. The van der Waals surface area contributed by atoms with Crippen molar-refractivity contribution >= 4 is 32.5 Å². The molecule has 3 aromatic carbocycles. The Morgan fingerprint density at radius 2 is 1.33 bits per heavy atom. The van der Waals surface area contributed by atoms with Gasteiger partial charge in [-0.3, -0.25) is 4.79 Å². The molecule has 0 saturated carbocycles. The van der Waals surface area contributed by atoms with Crippen LogP contribution in [0.25, 0.3) is 10.8 Å². The van der Waals surface area contributed by atoms with Crippen LogP contribution in [0.1, 0.15) is 34.1 Å². The summed E-state index contributed by atoms with van der Waals surface area (Å²) in [6, 6.07) is 19.0. The van der Waals surface area contributed by atoms with Crippen LogP contribution < -0.4 is 0 Å². The first kappa shape index (κ1) is 11.7. The number of halogens is 1. The first-order chi connectivity index (χ1) is 10.2. The Hall–Kier alpha value is -1.93. The van der Waals surface area contributed by atoms with Crippen molar-refractivity contribution in [3.8, 4) is 0 Å². The normalized spacial score (nSPS) is 21.7. The Balaban J connectivity index is 1.85. The Morgan fingerprint density at radius 3 is 2.00 bits per heavy atom. The summed E-state index contributed by atoms with van der Waals surface area (Å²) in [6.07, 6.45) is 0. The topological polar surface area (TPSA) is 17.1 Å². The van der Waals surface area contributed by atoms with Crippen LogP contribution in [-0.2, 0) is 4.79 Å². The zero-order valence-corrected chi connectivity index (χ0v) is 12.7. The molecule has 0 spiro atoms. The van der Waals surface area contributed by atoms with Gasteiger partial charge in [0.25, 0.3) is 0 Å². The molecule has 2 bridgehead atoms. The maximum Gasteiger partial charge on any atom is 0.156 e. The summed E-state index contributed by atoms with van der Waals surface area (Å²) in [7, 11) is 0. The number of rotatable bonds is 0. The second-order valence-corrected chi connectivity index (χ2v) is 6.79. The minimum Gasteiger partial charge on any atom is -0.298 e. The van der Waals surface area contributed by atoms with Gasteiger partial charge in [-0.15, -0.1) is 0 Å². The van der Waals surface area contributed by atoms with E-state index in [2.05, 4.69) is 58.4 Å². The van der Waals surface area contributed by atoms with E-state index in [1.807, 2.05) is 12.1 Å². The number of hydrogen-bond acceptors (Lipinski definition) is 1. The molecule has 0 heterocycles. The van der Waals surface area contributed by atoms with Crippen LogP contribution in [-0.4, -0.2) is 5.78 Å². The van der Waals surface area contributed by atoms with Crippen molar-refractivity contribution in [3.63, 3.8) is 0 Å². The Labute approximate surface area is 130 Å². The fourth-order valence-electron chi connectivity index (χ4n) is 3.96. The highest BCUT2D eigenvalue weighted by Gasteiger charge is 2.48. The number of carbonyl (C=O) groups is 1. The highest BCUT2D eigenvalue weighted by atomic mass is 79.9. The van der Waals surface area contributed by atoms with Gasteiger partial charge < -0.3 is 0 Å². The number of hydrogen-bond donors (Lipinski definition) is 0. The maximum absolute atomic E-state index is 12.7. The highest BCUT2D eigenvalue weighted by molar-refractivity contribution is 9.10. The third-order valence-corrected chi connectivity index (χ3v) is 5.31. The quantitative estimate of drug-likeness (QED) is 0.579. The van der Waals surface area contributed by atoms with E-state index in [4.69, 9.17) is 0 Å². The van der Waals surface area contributed by atoms with Gasteiger partial charge in [-0.05, 0) is 57.3 Å². The zero-order valence-electron chi connectivity index (χ0n) is 11.1. The summed E-state index contributed by atoms with van der Waals surface area (Å²) in [5.74, 6) is 0.249. The lowest BCUT2D eigenvalue weighted by Crippen LogP contribution is -2.02. The van der Waals surface area contributed by atoms with Crippen LogP contribution in [0.5, 0.6) is 0 Å². The van der Waals surface area contributed by atoms with Crippen LogP contribution in [0.2, 0.25) is 0 Å². The summed E-state index contributed by atoms with van der Waals surface area (Å²) < 4.78 is 1.07. The van der Waals surface area contributed by atoms with E-state index in [9.17, 15) is 4.79 Å². The van der Waals surface area contributed by atoms with E-state index in [-0.39, 0.29) is 11.8 Å². The average Bonchev–Trinajstić information content (AvgIpc) is 2.93. The molecule has 3 aromatic rings. The summed E-state index contributed by atoms with van der Waals surface area (Å²) in [5, 5.41) is 2.40. The molecule has 0 N–H and O–H groups in total. The van der Waals surface area contributed by atoms with Crippen LogP contribution in [0.3, 0.4) is 0 Å². The highest BCUT2D eigenvalue weighted by Crippen LogP contribution is 2.54. The number of carbonyl (C=O) groups excluding carboxylic acids is 1. The van der Waals surface area contributed by atoms with Crippen LogP contribution in [0.15, 0.2) is 59.1 Å². The van der Waals surface area contributed by atoms with Gasteiger partial charge in [0.1, 0.15) is 0 Å². The molecular formula is C19H11BrO. The molecule has 2 aliphatic carbocycles. The fourth-order valence-corrected chi connectivity index (χ4v) is 4.33. The van der Waals surface area contributed by atoms with Gasteiger partial charge in [0.15, 0.2) is 5.78 Å². The lowest BCUT2D eigenvalue weighted by molar-refractivity contribution is -0.118. The van der Waals surface area contributed by atoms with Crippen molar-refractivity contribution in [2.45, 2.75) is 11.8 Å². The molecule has 21 heavy (non-hydrogen) atoms. The number of Topliss-reactive ketones (excluding diaryl/α,β-unsaturated/α-hetero) is 1. The Bertz CT molecular complexity index is 941. The zero-order chi connectivity index (χ0) is 14.1. The molecule has 0 amide bonds. The Kier molecular flexibility index (Phi) is 2.13. The fraction of sp³-hybridized carbons (Fsp3) is 0.105. The second kappa shape index (κ2) is 3.83. The van der Waals surface area contributed by atoms with Gasteiger partial charge in [0, 0.05) is 4.47 Å². The number of ketones is 1. The van der Waals surface area contributed by atoms with Crippen LogP contribution >= 0.6 is 15.9 Å². The standard InChI is InChI=1S/C19H11BrO/c20-12-6-5-10-8-15-16(9-11(10)7-12)18-14-4-2-1-3-13(14)17(15)19(18)21/h1-9,17-18H. The molecule has 0 radical (unpaired) electrons. The average molecular weight is 335 g/mol. The van der Waals surface area contributed by atoms with Crippen molar-refractivity contribution in [2.24, 2.45) is 0 Å². The molecule has 2 unspecified atom stereocenters. The van der Waals surface area contributed by atoms with Crippen molar-refractivity contribution < 1.29 is 4.79 Å². The molecule has 5 rings (SSSR count). The predicted molar refractivity (Wildman–Crippen MR) is 86.8 cm³/mol. The number of fused-ring (bicyclic) bond motifs is 9. The lowest BCUT2D eigenvalue weighted by atomic mass is 9.85. The first-order valence-corrected chi connectivity index (χ1v) is 7.89. The minimum atomic E-state index is -0.0513. The van der Waals surface area contributed by atoms with E-state index >= 15 is 0 Å². The molecule has 2 atom stereocenters. The molecule has 100 valence electrons. The number of benzene rings is 3. The molecule has 0 aliphatic heterocycles. The van der Waals surface area contributed by atoms with E-state index in [0.717, 1.165) is 4.47 Å². The first-order valence-electron chi connectivity index (χ1n) is 7.10. The second-order valence-electron chi connectivity index (χ2n) is 5.87. The lowest BCUT2D eigenvalue weighted by Gasteiger charge is -2.18. The van der Waals surface area contributed by atoms with Gasteiger partial charge in [0.05, 0.1) is 11.8 Å². The van der Waals surface area contributed by atoms with Gasteiger partial charge in [-0.1, -0.05) is 46.3 Å². The van der Waals surface area contributed by atoms with Crippen molar-refractivity contribution in [1.82, 2.24) is 0 Å². The molecule has 0 saturated heterocycles. The molecule has 2 heteroatoms. The van der Waals surface area contributed by atoms with E-state index in [0.29, 0.717) is 5.78 Å². The van der Waals surface area contributed by atoms with E-state index in [1.54, 1.807) is 0 Å². The predicted octanol–water partition coefficient (Wildman–Crippen LogP) is 4.76. The summed E-state index contributed by atoms with van der Waals surface area (Å²) in [6.45, 7) is 0. The molecule has 0 fully saturated rings. The SMILES string of the molecule is O=C1C2c3ccccc3C1c1cc3cc(Br)ccc3cc12. The van der Waals surface area contributed by atoms with Crippen molar-refractivity contribution in [1.29, 1.82) is 0 Å². The molecule has 2 aliphatic rings. The van der Waals surface area contributed by atoms with Gasteiger partial charge in [0.2, 0.25) is 0 Å². The third-order valence-electron chi connectivity index (χ3n) is 4.81. The van der Waals surface area contributed by atoms with E-state index < -0.39 is 0 Å². The van der Waals surface area contributed by atoms with Crippen LogP contribution in [0, 0.1) is 0 Å². The third kappa shape index (κ3) is 1.38. The van der Waals surface area contributed by atoms with Crippen LogP contribution in [0.4, 0.5) is 0 Å². The van der Waals surface area contributed by atoms with Gasteiger partial charge >= 0.3 is 0 Å². The monoisotopic (exact) mass is 334 g/mol. The largest absolute Gasteiger partial charge is 0.298 e. The molecule has 1 nitrogen and oxygen atoms in total. The van der Waals surface area contributed by atoms with Gasteiger partial charge in [-0.2, -0.15) is 0 Å². The van der Waals surface area contributed by atoms with Crippen molar-refractivity contribution in [2.75, 3.05) is 0 Å². The van der Waals surface area contributed by atoms with E-state index in [1.165, 1.54) is 33.0 Å². The Morgan fingerprint density at radius 1 is 0.714 bits per heavy atom. The molecule has 0 aromatic heterocycles. The van der Waals surface area contributed by atoms with Crippen molar-refractivity contribution in [3.05, 3.63) is 81.3 Å².